The molecule has 1 saturated heterocycles. The SMILES string of the molecule is CCOc1ccc2c(c1)CC(NCCCCO)C(=O)N2c1ccc(CN2C(=O)[C@]3(O[C@H](CCO)[C@@H]([Si](C)(C)F)[C@@H]3C)c3cc(N4C(=O)C(NCCCCO)Cc5cc(OCC)ccc54)ccc32)cc1. The van der Waals surface area contributed by atoms with Gasteiger partial charge in [0.2, 0.25) is 20.2 Å². The largest absolute Gasteiger partial charge is 0.494 e. The summed E-state index contributed by atoms with van der Waals surface area (Å²) in [6, 6.07) is 23.5. The molecule has 0 aromatic heterocycles. The van der Waals surface area contributed by atoms with Gasteiger partial charge in [0.15, 0.2) is 5.60 Å². The molecule has 5 N–H and O–H groups in total. The van der Waals surface area contributed by atoms with E-state index in [-0.39, 0.29) is 50.5 Å². The van der Waals surface area contributed by atoms with Crippen molar-refractivity contribution in [2.45, 2.75) is 115 Å². The molecular weight excluding hydrogens is 898 g/mol. The minimum absolute atomic E-state index is 0.0601. The van der Waals surface area contributed by atoms with Gasteiger partial charge in [0, 0.05) is 48.2 Å². The Morgan fingerprint density at radius 2 is 1.23 bits per heavy atom. The van der Waals surface area contributed by atoms with E-state index in [1.54, 1.807) is 27.8 Å². The number of hydrogen-bond donors (Lipinski definition) is 5. The lowest BCUT2D eigenvalue weighted by molar-refractivity contribution is -0.146. The molecule has 6 atom stereocenters. The van der Waals surface area contributed by atoms with Crippen LogP contribution < -0.4 is 34.8 Å². The highest BCUT2D eigenvalue weighted by atomic mass is 28.4. The van der Waals surface area contributed by atoms with Crippen LogP contribution >= 0.6 is 0 Å². The van der Waals surface area contributed by atoms with Gasteiger partial charge in [-0.1, -0.05) is 19.1 Å². The van der Waals surface area contributed by atoms with Crippen LogP contribution in [0.3, 0.4) is 0 Å². The lowest BCUT2D eigenvalue weighted by Gasteiger charge is -2.36. The van der Waals surface area contributed by atoms with Gasteiger partial charge in [-0.25, -0.2) is 0 Å². The minimum atomic E-state index is -3.51. The van der Waals surface area contributed by atoms with Crippen molar-refractivity contribution in [1.29, 1.82) is 0 Å². The lowest BCUT2D eigenvalue weighted by atomic mass is 9.82. The first-order chi connectivity index (χ1) is 33.3. The van der Waals surface area contributed by atoms with Crippen molar-refractivity contribution in [3.8, 4) is 11.5 Å². The molecule has 0 saturated carbocycles. The summed E-state index contributed by atoms with van der Waals surface area (Å²) in [4.78, 5) is 49.4. The van der Waals surface area contributed by atoms with Crippen molar-refractivity contribution in [2.75, 3.05) is 60.8 Å². The molecule has 4 aliphatic heterocycles. The van der Waals surface area contributed by atoms with Gasteiger partial charge in [-0.15, -0.1) is 0 Å². The fourth-order valence-corrected chi connectivity index (χ4v) is 13.6. The molecule has 69 heavy (non-hydrogen) atoms. The second-order valence-corrected chi connectivity index (χ2v) is 22.9. The monoisotopic (exact) mass is 965 g/mol. The number of aliphatic hydroxyl groups is 3. The minimum Gasteiger partial charge on any atom is -0.494 e. The van der Waals surface area contributed by atoms with E-state index in [0.29, 0.717) is 92.5 Å². The van der Waals surface area contributed by atoms with Crippen LogP contribution in [0.5, 0.6) is 11.5 Å². The maximum Gasteiger partial charge on any atom is 0.264 e. The summed E-state index contributed by atoms with van der Waals surface area (Å²) in [5.74, 6) is 0.179. The van der Waals surface area contributed by atoms with Crippen molar-refractivity contribution in [3.63, 3.8) is 0 Å². The highest BCUT2D eigenvalue weighted by Gasteiger charge is 2.66. The maximum absolute atomic E-state index is 16.6. The van der Waals surface area contributed by atoms with Gasteiger partial charge < -0.3 is 49.2 Å². The molecule has 4 aromatic carbocycles. The van der Waals surface area contributed by atoms with E-state index in [4.69, 9.17) is 14.2 Å². The molecule has 2 unspecified atom stereocenters. The van der Waals surface area contributed by atoms with Gasteiger partial charge in [0.05, 0.1) is 55.0 Å². The number of amides is 3. The molecule has 1 fully saturated rings. The Hall–Kier alpha value is -5.20. The zero-order chi connectivity index (χ0) is 49.0. The van der Waals surface area contributed by atoms with Gasteiger partial charge in [-0.2, -0.15) is 0 Å². The molecule has 0 aliphatic carbocycles. The molecule has 0 radical (unpaired) electrons. The molecule has 16 heteroatoms. The zero-order valence-corrected chi connectivity index (χ0v) is 41.5. The third kappa shape index (κ3) is 9.81. The van der Waals surface area contributed by atoms with E-state index in [2.05, 4.69) is 10.6 Å². The van der Waals surface area contributed by atoms with Crippen molar-refractivity contribution in [3.05, 3.63) is 101 Å². The first-order valence-electron chi connectivity index (χ1n) is 24.7. The van der Waals surface area contributed by atoms with E-state index >= 15 is 8.90 Å². The normalized spacial score (nSPS) is 23.2. The Labute approximate surface area is 405 Å². The number of aliphatic hydroxyl groups excluding tert-OH is 3. The number of carbonyl (C=O) groups is 3. The van der Waals surface area contributed by atoms with Gasteiger partial charge in [0.1, 0.15) is 11.5 Å². The van der Waals surface area contributed by atoms with Crippen molar-refractivity contribution >= 4 is 54.6 Å². The van der Waals surface area contributed by atoms with Crippen molar-refractivity contribution in [1.82, 2.24) is 10.6 Å². The Morgan fingerprint density at radius 3 is 1.74 bits per heavy atom. The van der Waals surface area contributed by atoms with Crippen LogP contribution in [0.2, 0.25) is 18.6 Å². The number of benzene rings is 4. The van der Waals surface area contributed by atoms with Crippen molar-refractivity contribution < 1.29 is 48.0 Å². The number of unbranched alkanes of at least 4 members (excludes halogenated alkanes) is 2. The highest BCUT2D eigenvalue weighted by molar-refractivity contribution is 6.72. The van der Waals surface area contributed by atoms with Crippen LogP contribution in [0.1, 0.15) is 75.1 Å². The highest BCUT2D eigenvalue weighted by Crippen LogP contribution is 2.61. The van der Waals surface area contributed by atoms with Crippen molar-refractivity contribution in [2.24, 2.45) is 5.92 Å². The maximum atomic E-state index is 16.6. The molecule has 0 bridgehead atoms. The number of ether oxygens (including phenoxy) is 3. The third-order valence-electron chi connectivity index (χ3n) is 14.2. The quantitative estimate of drug-likeness (QED) is 0.0328. The Balaban J connectivity index is 1.17. The van der Waals surface area contributed by atoms with Crippen LogP contribution in [0.15, 0.2) is 78.9 Å². The lowest BCUT2D eigenvalue weighted by Crippen LogP contribution is -2.49. The zero-order valence-electron chi connectivity index (χ0n) is 40.5. The Bertz CT molecular complexity index is 2490. The molecule has 8 rings (SSSR count). The fourth-order valence-electron chi connectivity index (χ4n) is 11.1. The molecule has 370 valence electrons. The summed E-state index contributed by atoms with van der Waals surface area (Å²) >= 11 is 0. The molecule has 4 heterocycles. The van der Waals surface area contributed by atoms with E-state index in [9.17, 15) is 24.9 Å². The summed E-state index contributed by atoms with van der Waals surface area (Å²) in [6.45, 7) is 11.1. The number of nitrogens with zero attached hydrogens (tertiary/aromatic N) is 3. The van der Waals surface area contributed by atoms with Crippen LogP contribution in [-0.4, -0.2) is 106 Å². The van der Waals surface area contributed by atoms with E-state index < -0.39 is 43.7 Å². The van der Waals surface area contributed by atoms with Gasteiger partial charge in [0.25, 0.3) is 5.91 Å². The number of nitrogens with one attached hydrogen (secondary N) is 2. The molecule has 14 nitrogen and oxygen atoms in total. The van der Waals surface area contributed by atoms with Gasteiger partial charge in [-0.05, 0) is 168 Å². The first-order valence-corrected chi connectivity index (χ1v) is 27.7. The summed E-state index contributed by atoms with van der Waals surface area (Å²) in [7, 11) is -3.51. The number of hydrogen-bond acceptors (Lipinski definition) is 11. The molecule has 4 aromatic rings. The molecule has 4 aliphatic rings. The standard InChI is InChI=1S/C53H68FN5O9Si/c1-6-66-40-17-20-45-36(28-40)30-43(55-23-8-10-25-60)50(63)58(45)38-14-12-35(13-15-38)33-57-47-19-16-39(32-42(47)53(52(57)65)34(3)49(69(4,5)54)48(68-53)22-27-62)59-46-21-18-41(67-7-2)29-37(46)31-44(51(59)64)56-24-9-11-26-61/h12-21,28-29,32,34,43-44,48-49,55-56,60-62H,6-11,22-27,30-31,33H2,1-5H3/t34-,43?,44?,48+,49-,53+/m0/s1. The summed E-state index contributed by atoms with van der Waals surface area (Å²) in [5.41, 5.74) is 4.18. The summed E-state index contributed by atoms with van der Waals surface area (Å²) in [5, 5.41) is 35.8. The fraction of sp³-hybridized carbons (Fsp3) is 0.491. The number of rotatable bonds is 21. The average Bonchev–Trinajstić information content (AvgIpc) is 3.75. The molecular formula is C53H68FN5O9Si. The van der Waals surface area contributed by atoms with Gasteiger partial charge in [-0.3, -0.25) is 24.2 Å². The molecule has 1 spiro atoms. The number of halogens is 1. The number of fused-ring (bicyclic) bond motifs is 4. The Kier molecular flexibility index (Phi) is 15.6. The predicted molar refractivity (Wildman–Crippen MR) is 267 cm³/mol. The molecule has 3 amide bonds. The number of anilines is 5. The average molecular weight is 966 g/mol. The van der Waals surface area contributed by atoms with E-state index in [1.807, 2.05) is 99.6 Å². The first kappa shape index (κ1) is 50.2. The van der Waals surface area contributed by atoms with Crippen LogP contribution in [-0.2, 0) is 44.1 Å². The van der Waals surface area contributed by atoms with Crippen LogP contribution in [0, 0.1) is 5.92 Å². The van der Waals surface area contributed by atoms with E-state index in [0.717, 1.165) is 34.5 Å². The second kappa shape index (κ2) is 21.4. The second-order valence-electron chi connectivity index (χ2n) is 19.1. The topological polar surface area (TPSA) is 173 Å². The van der Waals surface area contributed by atoms with Crippen LogP contribution in [0.4, 0.5) is 32.5 Å². The van der Waals surface area contributed by atoms with Gasteiger partial charge >= 0.3 is 0 Å². The van der Waals surface area contributed by atoms with Crippen LogP contribution in [0.25, 0.3) is 0 Å². The van der Waals surface area contributed by atoms with E-state index in [1.165, 1.54) is 0 Å². The summed E-state index contributed by atoms with van der Waals surface area (Å²) in [6.07, 6.45) is 3.02. The number of carbonyl (C=O) groups excluding carboxylic acids is 3. The third-order valence-corrected chi connectivity index (χ3v) is 16.7. The Morgan fingerprint density at radius 1 is 0.710 bits per heavy atom. The summed E-state index contributed by atoms with van der Waals surface area (Å²) < 4.78 is 35.2. The predicted octanol–water partition coefficient (Wildman–Crippen LogP) is 7.09. The smallest absolute Gasteiger partial charge is 0.264 e.